The Hall–Kier alpha value is -0.870. The van der Waals surface area contributed by atoms with Gasteiger partial charge in [-0.3, -0.25) is 0 Å². The minimum Gasteiger partial charge on any atom is -0.435 e. The summed E-state index contributed by atoms with van der Waals surface area (Å²) < 4.78 is 15.5. The third-order valence-corrected chi connectivity index (χ3v) is 2.91. The van der Waals surface area contributed by atoms with Crippen molar-refractivity contribution in [3.8, 4) is 0 Å². The van der Waals surface area contributed by atoms with Crippen LogP contribution in [-0.2, 0) is 19.0 Å². The first-order chi connectivity index (χ1) is 8.09. The third kappa shape index (κ3) is 4.48. The first-order valence-corrected chi connectivity index (χ1v) is 6.08. The van der Waals surface area contributed by atoms with Crippen molar-refractivity contribution in [3.63, 3.8) is 0 Å². The Labute approximate surface area is 103 Å². The van der Waals surface area contributed by atoms with E-state index in [0.29, 0.717) is 12.2 Å². The fraction of sp³-hybridized carbons (Fsp3) is 0.769. The topological polar surface area (TPSA) is 44.8 Å². The summed E-state index contributed by atoms with van der Waals surface area (Å²) in [5, 5.41) is 0. The Kier molecular flexibility index (Phi) is 5.65. The molecule has 1 heterocycles. The second-order valence-corrected chi connectivity index (χ2v) is 4.77. The molecule has 1 fully saturated rings. The summed E-state index contributed by atoms with van der Waals surface area (Å²) >= 11 is 0. The van der Waals surface area contributed by atoms with Gasteiger partial charge < -0.3 is 14.2 Å². The number of hydrogen-bond donors (Lipinski definition) is 0. The zero-order valence-corrected chi connectivity index (χ0v) is 10.8. The lowest BCUT2D eigenvalue weighted by Gasteiger charge is -2.41. The molecule has 0 aromatic rings. The SMILES string of the molecule is C=C(C)C(=O)OCOCC1(CCCC)COC1. The van der Waals surface area contributed by atoms with E-state index in [1.54, 1.807) is 6.92 Å². The molecule has 0 atom stereocenters. The molecule has 0 aromatic carbocycles. The van der Waals surface area contributed by atoms with E-state index in [9.17, 15) is 4.79 Å². The van der Waals surface area contributed by atoms with Gasteiger partial charge in [0.2, 0.25) is 0 Å². The van der Waals surface area contributed by atoms with Gasteiger partial charge in [0.05, 0.1) is 19.8 Å². The van der Waals surface area contributed by atoms with Crippen molar-refractivity contribution in [1.29, 1.82) is 0 Å². The Morgan fingerprint density at radius 2 is 2.18 bits per heavy atom. The third-order valence-electron chi connectivity index (χ3n) is 2.91. The largest absolute Gasteiger partial charge is 0.435 e. The summed E-state index contributed by atoms with van der Waals surface area (Å²) in [5.74, 6) is -0.405. The maximum Gasteiger partial charge on any atom is 0.335 e. The molecule has 0 unspecified atom stereocenters. The summed E-state index contributed by atoms with van der Waals surface area (Å²) in [4.78, 5) is 11.1. The first kappa shape index (κ1) is 14.2. The van der Waals surface area contributed by atoms with Crippen LogP contribution in [0.25, 0.3) is 0 Å². The van der Waals surface area contributed by atoms with E-state index in [2.05, 4.69) is 13.5 Å². The minimum absolute atomic E-state index is 0.000428. The lowest BCUT2D eigenvalue weighted by atomic mass is 9.82. The molecule has 1 aliphatic rings. The summed E-state index contributed by atoms with van der Waals surface area (Å²) in [6.45, 7) is 9.38. The number of ether oxygens (including phenoxy) is 3. The highest BCUT2D eigenvalue weighted by molar-refractivity contribution is 5.86. The van der Waals surface area contributed by atoms with Crippen molar-refractivity contribution in [2.75, 3.05) is 26.6 Å². The first-order valence-electron chi connectivity index (χ1n) is 6.08. The van der Waals surface area contributed by atoms with E-state index in [1.807, 2.05) is 0 Å². The number of carbonyl (C=O) groups excluding carboxylic acids is 1. The van der Waals surface area contributed by atoms with Crippen molar-refractivity contribution in [2.45, 2.75) is 33.1 Å². The average molecular weight is 242 g/mol. The highest BCUT2D eigenvalue weighted by atomic mass is 16.7. The average Bonchev–Trinajstić information content (AvgIpc) is 2.25. The fourth-order valence-corrected chi connectivity index (χ4v) is 1.72. The molecule has 0 amide bonds. The van der Waals surface area contributed by atoms with E-state index in [4.69, 9.17) is 14.2 Å². The van der Waals surface area contributed by atoms with Crippen LogP contribution in [0.15, 0.2) is 12.2 Å². The van der Waals surface area contributed by atoms with Crippen molar-refractivity contribution in [2.24, 2.45) is 5.41 Å². The van der Waals surface area contributed by atoms with Crippen molar-refractivity contribution < 1.29 is 19.0 Å². The molecular weight excluding hydrogens is 220 g/mol. The monoisotopic (exact) mass is 242 g/mol. The number of rotatable bonds is 8. The van der Waals surface area contributed by atoms with Crippen LogP contribution >= 0.6 is 0 Å². The summed E-state index contributed by atoms with van der Waals surface area (Å²) in [5.41, 5.74) is 0.535. The van der Waals surface area contributed by atoms with Crippen LogP contribution in [0.2, 0.25) is 0 Å². The Morgan fingerprint density at radius 1 is 1.47 bits per heavy atom. The molecule has 0 aliphatic carbocycles. The van der Waals surface area contributed by atoms with E-state index < -0.39 is 5.97 Å². The van der Waals surface area contributed by atoms with Crippen LogP contribution in [0.1, 0.15) is 33.1 Å². The normalized spacial score (nSPS) is 17.3. The van der Waals surface area contributed by atoms with Gasteiger partial charge in [0.15, 0.2) is 6.79 Å². The smallest absolute Gasteiger partial charge is 0.335 e. The summed E-state index contributed by atoms with van der Waals surface area (Å²) in [7, 11) is 0. The molecule has 0 bridgehead atoms. The summed E-state index contributed by atoms with van der Waals surface area (Å²) in [6, 6.07) is 0. The van der Waals surface area contributed by atoms with E-state index in [0.717, 1.165) is 19.6 Å². The van der Waals surface area contributed by atoms with Crippen molar-refractivity contribution in [1.82, 2.24) is 0 Å². The lowest BCUT2D eigenvalue weighted by Crippen LogP contribution is -2.46. The van der Waals surface area contributed by atoms with Crippen LogP contribution in [0.4, 0.5) is 0 Å². The second-order valence-electron chi connectivity index (χ2n) is 4.77. The molecule has 0 aromatic heterocycles. The van der Waals surface area contributed by atoms with Crippen LogP contribution in [0, 0.1) is 5.41 Å². The molecule has 0 saturated carbocycles. The number of hydrogen-bond acceptors (Lipinski definition) is 4. The fourth-order valence-electron chi connectivity index (χ4n) is 1.72. The molecular formula is C13H22O4. The lowest BCUT2D eigenvalue weighted by molar-refractivity contribution is -0.180. The Balaban J connectivity index is 2.16. The van der Waals surface area contributed by atoms with Gasteiger partial charge in [-0.15, -0.1) is 0 Å². The second kappa shape index (κ2) is 6.77. The standard InChI is InChI=1S/C13H22O4/c1-4-5-6-13(7-15-8-13)9-16-10-17-12(14)11(2)3/h2,4-10H2,1,3H3. The number of carbonyl (C=O) groups is 1. The zero-order chi connectivity index (χ0) is 12.7. The predicted octanol–water partition coefficient (Wildman–Crippen LogP) is 2.29. The van der Waals surface area contributed by atoms with Crippen LogP contribution in [0.5, 0.6) is 0 Å². The van der Waals surface area contributed by atoms with Crippen LogP contribution in [-0.4, -0.2) is 32.6 Å². The van der Waals surface area contributed by atoms with E-state index >= 15 is 0 Å². The maximum atomic E-state index is 11.1. The minimum atomic E-state index is -0.405. The predicted molar refractivity (Wildman–Crippen MR) is 64.5 cm³/mol. The van der Waals surface area contributed by atoms with Gasteiger partial charge in [-0.05, 0) is 13.3 Å². The number of esters is 1. The number of unbranched alkanes of at least 4 members (excludes halogenated alkanes) is 1. The van der Waals surface area contributed by atoms with Crippen LogP contribution in [0.3, 0.4) is 0 Å². The quantitative estimate of drug-likeness (QED) is 0.283. The molecule has 4 heteroatoms. The maximum absolute atomic E-state index is 11.1. The van der Waals surface area contributed by atoms with E-state index in [1.165, 1.54) is 12.8 Å². The summed E-state index contributed by atoms with van der Waals surface area (Å²) in [6.07, 6.45) is 3.46. The van der Waals surface area contributed by atoms with Gasteiger partial charge >= 0.3 is 5.97 Å². The van der Waals surface area contributed by atoms with Crippen molar-refractivity contribution in [3.05, 3.63) is 12.2 Å². The van der Waals surface area contributed by atoms with Gasteiger partial charge in [-0.2, -0.15) is 0 Å². The molecule has 0 spiro atoms. The molecule has 0 radical (unpaired) electrons. The molecule has 1 saturated heterocycles. The highest BCUT2D eigenvalue weighted by Gasteiger charge is 2.38. The van der Waals surface area contributed by atoms with Gasteiger partial charge in [0, 0.05) is 11.0 Å². The molecule has 4 nitrogen and oxygen atoms in total. The van der Waals surface area contributed by atoms with Gasteiger partial charge in [-0.25, -0.2) is 4.79 Å². The molecule has 1 aliphatic heterocycles. The molecule has 17 heavy (non-hydrogen) atoms. The van der Waals surface area contributed by atoms with E-state index in [-0.39, 0.29) is 12.2 Å². The van der Waals surface area contributed by atoms with Crippen molar-refractivity contribution >= 4 is 5.97 Å². The molecule has 98 valence electrons. The van der Waals surface area contributed by atoms with Gasteiger partial charge in [0.25, 0.3) is 0 Å². The van der Waals surface area contributed by atoms with Gasteiger partial charge in [0.1, 0.15) is 0 Å². The Bertz CT molecular complexity index is 269. The van der Waals surface area contributed by atoms with Gasteiger partial charge in [-0.1, -0.05) is 26.3 Å². The molecule has 0 N–H and O–H groups in total. The zero-order valence-electron chi connectivity index (χ0n) is 10.8. The van der Waals surface area contributed by atoms with Crippen LogP contribution < -0.4 is 0 Å². The highest BCUT2D eigenvalue weighted by Crippen LogP contribution is 2.33. The Morgan fingerprint density at radius 3 is 2.65 bits per heavy atom. The molecule has 1 rings (SSSR count).